The van der Waals surface area contributed by atoms with E-state index in [0.717, 1.165) is 4.31 Å². The number of likely N-dealkylation sites (N-methyl/N-ethyl adjacent to an activating group) is 2. The molecule has 0 heterocycles. The summed E-state index contributed by atoms with van der Waals surface area (Å²) in [5, 5.41) is 4.61. The molecule has 9 nitrogen and oxygen atoms in total. The molecular formula is C15H22N4O5S. The highest BCUT2D eigenvalue weighted by Gasteiger charge is 2.25. The van der Waals surface area contributed by atoms with Crippen LogP contribution in [-0.4, -0.2) is 57.1 Å². The van der Waals surface area contributed by atoms with E-state index in [1.807, 2.05) is 0 Å². The lowest BCUT2D eigenvalue weighted by atomic mass is 10.2. The van der Waals surface area contributed by atoms with Crippen LogP contribution in [0.25, 0.3) is 0 Å². The minimum atomic E-state index is -3.71. The number of nitrogens with one attached hydrogen (secondary N) is 2. The molecule has 0 fully saturated rings. The number of hydrogen-bond acceptors (Lipinski definition) is 5. The van der Waals surface area contributed by atoms with Crippen molar-refractivity contribution in [3.63, 3.8) is 0 Å². The van der Waals surface area contributed by atoms with Crippen molar-refractivity contribution in [2.75, 3.05) is 20.6 Å². The molecule has 138 valence electrons. The second kappa shape index (κ2) is 9.14. The zero-order valence-electron chi connectivity index (χ0n) is 14.1. The molecule has 25 heavy (non-hydrogen) atoms. The summed E-state index contributed by atoms with van der Waals surface area (Å²) >= 11 is 0. The highest BCUT2D eigenvalue weighted by Crippen LogP contribution is 2.09. The minimum Gasteiger partial charge on any atom is -0.370 e. The van der Waals surface area contributed by atoms with Crippen LogP contribution in [0.3, 0.4) is 0 Å². The Balaban J connectivity index is 2.70. The quantitative estimate of drug-likeness (QED) is 0.488. The third kappa shape index (κ3) is 6.89. The number of sulfonamides is 1. The van der Waals surface area contributed by atoms with E-state index in [2.05, 4.69) is 10.6 Å². The highest BCUT2D eigenvalue weighted by molar-refractivity contribution is 7.88. The van der Waals surface area contributed by atoms with Gasteiger partial charge in [-0.05, 0) is 5.56 Å². The number of primary amides is 1. The van der Waals surface area contributed by atoms with E-state index in [1.165, 1.54) is 14.1 Å². The van der Waals surface area contributed by atoms with E-state index in [4.69, 9.17) is 5.73 Å². The Morgan fingerprint density at radius 2 is 1.80 bits per heavy atom. The first-order valence-corrected chi connectivity index (χ1v) is 9.04. The van der Waals surface area contributed by atoms with Gasteiger partial charge in [0.2, 0.25) is 27.7 Å². The van der Waals surface area contributed by atoms with Crippen molar-refractivity contribution in [2.24, 2.45) is 5.73 Å². The van der Waals surface area contributed by atoms with Crippen molar-refractivity contribution in [1.29, 1.82) is 0 Å². The highest BCUT2D eigenvalue weighted by atomic mass is 32.2. The number of rotatable bonds is 9. The number of carbonyl (C=O) groups is 3. The summed E-state index contributed by atoms with van der Waals surface area (Å²) in [4.78, 5) is 34.6. The molecule has 3 amide bonds. The predicted molar refractivity (Wildman–Crippen MR) is 91.5 cm³/mol. The molecule has 0 aliphatic heterocycles. The summed E-state index contributed by atoms with van der Waals surface area (Å²) in [5.74, 6) is -2.33. The number of carbonyl (C=O) groups excluding carboxylic acids is 3. The van der Waals surface area contributed by atoms with Gasteiger partial charge in [-0.15, -0.1) is 0 Å². The Bertz CT molecular complexity index is 721. The third-order valence-electron chi connectivity index (χ3n) is 3.34. The van der Waals surface area contributed by atoms with Gasteiger partial charge in [0.15, 0.2) is 0 Å². The molecule has 1 atom stereocenters. The van der Waals surface area contributed by atoms with Gasteiger partial charge in [0.25, 0.3) is 0 Å². The van der Waals surface area contributed by atoms with E-state index < -0.39 is 40.3 Å². The van der Waals surface area contributed by atoms with Crippen LogP contribution < -0.4 is 16.4 Å². The lowest BCUT2D eigenvalue weighted by Crippen LogP contribution is -2.50. The molecule has 10 heteroatoms. The fourth-order valence-corrected chi connectivity index (χ4v) is 3.17. The summed E-state index contributed by atoms with van der Waals surface area (Å²) in [6, 6.07) is 7.38. The van der Waals surface area contributed by atoms with Gasteiger partial charge in [-0.25, -0.2) is 8.42 Å². The van der Waals surface area contributed by atoms with Crippen molar-refractivity contribution in [3.05, 3.63) is 35.9 Å². The van der Waals surface area contributed by atoms with Crippen molar-refractivity contribution in [3.8, 4) is 0 Å². The lowest BCUT2D eigenvalue weighted by molar-refractivity contribution is -0.130. The first-order valence-electron chi connectivity index (χ1n) is 7.43. The van der Waals surface area contributed by atoms with E-state index in [-0.39, 0.29) is 12.2 Å². The molecule has 0 radical (unpaired) electrons. The van der Waals surface area contributed by atoms with Gasteiger partial charge < -0.3 is 16.4 Å². The van der Waals surface area contributed by atoms with Crippen LogP contribution in [0.4, 0.5) is 0 Å². The van der Waals surface area contributed by atoms with Crippen LogP contribution >= 0.6 is 0 Å². The van der Waals surface area contributed by atoms with E-state index in [9.17, 15) is 22.8 Å². The minimum absolute atomic E-state index is 0.252. The van der Waals surface area contributed by atoms with Crippen LogP contribution in [0, 0.1) is 0 Å². The fraction of sp³-hybridized carbons (Fsp3) is 0.400. The number of nitrogens with two attached hydrogens (primary N) is 1. The number of nitrogens with zero attached hydrogens (tertiary/aromatic N) is 1. The Hall–Kier alpha value is -2.46. The van der Waals surface area contributed by atoms with Crippen molar-refractivity contribution in [1.82, 2.24) is 14.9 Å². The van der Waals surface area contributed by atoms with Crippen molar-refractivity contribution in [2.45, 2.75) is 18.2 Å². The summed E-state index contributed by atoms with van der Waals surface area (Å²) in [7, 11) is -1.10. The van der Waals surface area contributed by atoms with Crippen molar-refractivity contribution < 1.29 is 22.8 Å². The Morgan fingerprint density at radius 1 is 1.20 bits per heavy atom. The largest absolute Gasteiger partial charge is 0.370 e. The van der Waals surface area contributed by atoms with Gasteiger partial charge in [0, 0.05) is 14.1 Å². The molecule has 4 N–H and O–H groups in total. The molecule has 0 unspecified atom stereocenters. The Morgan fingerprint density at radius 3 is 2.32 bits per heavy atom. The van der Waals surface area contributed by atoms with Gasteiger partial charge >= 0.3 is 0 Å². The monoisotopic (exact) mass is 370 g/mol. The maximum Gasteiger partial charge on any atom is 0.242 e. The second-order valence-corrected chi connectivity index (χ2v) is 7.48. The Kier molecular flexibility index (Phi) is 7.52. The molecule has 0 aliphatic rings. The molecule has 1 aromatic carbocycles. The standard InChI is InChI=1S/C15H22N4O5S/c1-17-15(22)12(8-13(16)20)18-14(21)9-19(2)25(23,24)10-11-6-4-3-5-7-11/h3-7,12H,8-10H2,1-2H3,(H2,16,20)(H,17,22)(H,18,21)/t12-/m0/s1. The molecule has 0 aromatic heterocycles. The SMILES string of the molecule is CNC(=O)[C@H](CC(N)=O)NC(=O)CN(C)S(=O)(=O)Cc1ccccc1. The maximum absolute atomic E-state index is 12.3. The maximum atomic E-state index is 12.3. The van der Waals surface area contributed by atoms with Gasteiger partial charge in [0.1, 0.15) is 6.04 Å². The molecule has 0 saturated heterocycles. The van der Waals surface area contributed by atoms with E-state index in [0.29, 0.717) is 5.56 Å². The van der Waals surface area contributed by atoms with Gasteiger partial charge in [-0.1, -0.05) is 30.3 Å². The Labute approximate surface area is 146 Å². The van der Waals surface area contributed by atoms with Crippen molar-refractivity contribution >= 4 is 27.7 Å². The first-order chi connectivity index (χ1) is 11.7. The molecule has 0 bridgehead atoms. The summed E-state index contributed by atoms with van der Waals surface area (Å²) in [6.07, 6.45) is -0.383. The molecule has 0 spiro atoms. The number of hydrogen-bond donors (Lipinski definition) is 3. The molecule has 1 rings (SSSR count). The second-order valence-electron chi connectivity index (χ2n) is 5.40. The number of amides is 3. The van der Waals surface area contributed by atoms with E-state index >= 15 is 0 Å². The molecule has 0 saturated carbocycles. The van der Waals surface area contributed by atoms with E-state index in [1.54, 1.807) is 30.3 Å². The molecular weight excluding hydrogens is 348 g/mol. The smallest absolute Gasteiger partial charge is 0.242 e. The average molecular weight is 370 g/mol. The van der Waals surface area contributed by atoms with Crippen LogP contribution in [0.2, 0.25) is 0 Å². The summed E-state index contributed by atoms with van der Waals surface area (Å²) in [6.45, 7) is -0.485. The zero-order valence-corrected chi connectivity index (χ0v) is 14.9. The topological polar surface area (TPSA) is 139 Å². The van der Waals surface area contributed by atoms with Crippen LogP contribution in [0.5, 0.6) is 0 Å². The fourth-order valence-electron chi connectivity index (χ4n) is 2.02. The summed E-state index contributed by atoms with van der Waals surface area (Å²) in [5.41, 5.74) is 5.63. The van der Waals surface area contributed by atoms with Gasteiger partial charge in [-0.3, -0.25) is 14.4 Å². The van der Waals surface area contributed by atoms with Gasteiger partial charge in [-0.2, -0.15) is 4.31 Å². The van der Waals surface area contributed by atoms with Crippen LogP contribution in [-0.2, 0) is 30.2 Å². The predicted octanol–water partition coefficient (Wildman–Crippen LogP) is -1.45. The lowest BCUT2D eigenvalue weighted by Gasteiger charge is -2.20. The summed E-state index contributed by atoms with van der Waals surface area (Å²) < 4.78 is 25.5. The van der Waals surface area contributed by atoms with Crippen LogP contribution in [0.15, 0.2) is 30.3 Å². The number of benzene rings is 1. The third-order valence-corrected chi connectivity index (χ3v) is 5.11. The average Bonchev–Trinajstić information content (AvgIpc) is 2.53. The normalized spacial score (nSPS) is 12.4. The van der Waals surface area contributed by atoms with Crippen LogP contribution in [0.1, 0.15) is 12.0 Å². The molecule has 1 aromatic rings. The first kappa shape index (κ1) is 20.6. The zero-order chi connectivity index (χ0) is 19.0. The molecule has 0 aliphatic carbocycles. The van der Waals surface area contributed by atoms with Gasteiger partial charge in [0.05, 0.1) is 18.7 Å².